The van der Waals surface area contributed by atoms with Crippen LogP contribution in [-0.4, -0.2) is 5.91 Å². The first-order valence-corrected chi connectivity index (χ1v) is 8.02. The van der Waals surface area contributed by atoms with Gasteiger partial charge in [-0.1, -0.05) is 66.7 Å². The molecule has 0 fully saturated rings. The van der Waals surface area contributed by atoms with Crippen molar-refractivity contribution in [3.63, 3.8) is 0 Å². The first kappa shape index (κ1) is 14.5. The molecule has 24 heavy (non-hydrogen) atoms. The van der Waals surface area contributed by atoms with E-state index in [2.05, 4.69) is 10.6 Å². The molecule has 118 valence electrons. The summed E-state index contributed by atoms with van der Waals surface area (Å²) in [5.41, 5.74) is 3.86. The summed E-state index contributed by atoms with van der Waals surface area (Å²) >= 11 is 0. The number of anilines is 2. The van der Waals surface area contributed by atoms with Gasteiger partial charge in [-0.2, -0.15) is 0 Å². The van der Waals surface area contributed by atoms with Gasteiger partial charge in [0.2, 0.25) is 0 Å². The standard InChI is InChI=1S/C21H18N2O/c1-15-9-5-7-13-18(15)23-21(16-10-3-2-4-11-16)17-12-6-8-14-19(17)22-20(21)24/h2-14,23H,1H3,(H,22,24). The van der Waals surface area contributed by atoms with Gasteiger partial charge in [0.1, 0.15) is 0 Å². The van der Waals surface area contributed by atoms with Gasteiger partial charge in [0.25, 0.3) is 5.91 Å². The van der Waals surface area contributed by atoms with Gasteiger partial charge in [-0.3, -0.25) is 4.79 Å². The Hall–Kier alpha value is -3.07. The van der Waals surface area contributed by atoms with Gasteiger partial charge in [-0.05, 0) is 30.2 Å². The van der Waals surface area contributed by atoms with Crippen molar-refractivity contribution >= 4 is 17.3 Å². The van der Waals surface area contributed by atoms with E-state index in [0.717, 1.165) is 28.1 Å². The fourth-order valence-corrected chi connectivity index (χ4v) is 3.34. The van der Waals surface area contributed by atoms with Crippen LogP contribution in [0.5, 0.6) is 0 Å². The first-order valence-electron chi connectivity index (χ1n) is 8.02. The maximum absolute atomic E-state index is 13.1. The van der Waals surface area contributed by atoms with Crippen molar-refractivity contribution in [2.75, 3.05) is 10.6 Å². The smallest absolute Gasteiger partial charge is 0.259 e. The molecule has 3 nitrogen and oxygen atoms in total. The zero-order valence-corrected chi connectivity index (χ0v) is 13.4. The SMILES string of the molecule is Cc1ccccc1NC1(c2ccccc2)C(=O)Nc2ccccc21. The summed E-state index contributed by atoms with van der Waals surface area (Å²) < 4.78 is 0. The molecule has 0 saturated heterocycles. The summed E-state index contributed by atoms with van der Waals surface area (Å²) in [6.07, 6.45) is 0. The van der Waals surface area contributed by atoms with E-state index < -0.39 is 5.54 Å². The molecule has 1 atom stereocenters. The zero-order chi connectivity index (χ0) is 16.6. The highest BCUT2D eigenvalue weighted by atomic mass is 16.2. The van der Waals surface area contributed by atoms with E-state index in [1.54, 1.807) is 0 Å². The molecule has 0 spiro atoms. The normalized spacial score (nSPS) is 18.8. The number of benzene rings is 3. The first-order chi connectivity index (χ1) is 11.7. The second-order valence-electron chi connectivity index (χ2n) is 6.06. The van der Waals surface area contributed by atoms with Crippen LogP contribution in [0.3, 0.4) is 0 Å². The lowest BCUT2D eigenvalue weighted by molar-refractivity contribution is -0.118. The highest BCUT2D eigenvalue weighted by molar-refractivity contribution is 6.10. The number of carbonyl (C=O) groups excluding carboxylic acids is 1. The molecule has 2 N–H and O–H groups in total. The molecule has 1 unspecified atom stereocenters. The number of nitrogens with one attached hydrogen (secondary N) is 2. The van der Waals surface area contributed by atoms with Crippen molar-refractivity contribution < 1.29 is 4.79 Å². The highest BCUT2D eigenvalue weighted by Crippen LogP contribution is 2.43. The molecule has 0 radical (unpaired) electrons. The summed E-state index contributed by atoms with van der Waals surface area (Å²) in [6.45, 7) is 2.04. The van der Waals surface area contributed by atoms with E-state index in [1.807, 2.05) is 85.8 Å². The largest absolute Gasteiger partial charge is 0.364 e. The molecule has 0 aromatic heterocycles. The number of hydrogen-bond donors (Lipinski definition) is 2. The second kappa shape index (κ2) is 5.53. The third-order valence-electron chi connectivity index (χ3n) is 4.59. The van der Waals surface area contributed by atoms with Crippen LogP contribution in [0.25, 0.3) is 0 Å². The topological polar surface area (TPSA) is 41.1 Å². The van der Waals surface area contributed by atoms with Crippen LogP contribution in [0, 0.1) is 6.92 Å². The summed E-state index contributed by atoms with van der Waals surface area (Å²) in [6, 6.07) is 25.8. The average Bonchev–Trinajstić information content (AvgIpc) is 2.90. The Morgan fingerprint density at radius 3 is 2.29 bits per heavy atom. The molecule has 0 bridgehead atoms. The summed E-state index contributed by atoms with van der Waals surface area (Å²) in [7, 11) is 0. The van der Waals surface area contributed by atoms with Crippen molar-refractivity contribution in [2.24, 2.45) is 0 Å². The van der Waals surface area contributed by atoms with E-state index >= 15 is 0 Å². The van der Waals surface area contributed by atoms with Gasteiger partial charge in [-0.25, -0.2) is 0 Å². The molecular formula is C21H18N2O. The summed E-state index contributed by atoms with van der Waals surface area (Å²) in [5.74, 6) is -0.0573. The number of amides is 1. The Balaban J connectivity index is 1.95. The van der Waals surface area contributed by atoms with E-state index in [9.17, 15) is 4.79 Å². The molecule has 0 aliphatic carbocycles. The predicted molar refractivity (Wildman–Crippen MR) is 97.1 cm³/mol. The van der Waals surface area contributed by atoms with Crippen LogP contribution in [-0.2, 0) is 10.3 Å². The fourth-order valence-electron chi connectivity index (χ4n) is 3.34. The van der Waals surface area contributed by atoms with Crippen molar-refractivity contribution in [1.82, 2.24) is 0 Å². The quantitative estimate of drug-likeness (QED) is 0.756. The van der Waals surface area contributed by atoms with Crippen LogP contribution in [0.15, 0.2) is 78.9 Å². The van der Waals surface area contributed by atoms with E-state index in [0.29, 0.717) is 0 Å². The predicted octanol–water partition coefficient (Wildman–Crippen LogP) is 4.30. The molecule has 1 amide bonds. The third kappa shape index (κ3) is 2.09. The van der Waals surface area contributed by atoms with Gasteiger partial charge in [0.05, 0.1) is 0 Å². The van der Waals surface area contributed by atoms with Crippen molar-refractivity contribution in [3.8, 4) is 0 Å². The number of aryl methyl sites for hydroxylation is 1. The number of fused-ring (bicyclic) bond motifs is 1. The summed E-state index contributed by atoms with van der Waals surface area (Å²) in [4.78, 5) is 13.1. The van der Waals surface area contributed by atoms with Crippen LogP contribution in [0.2, 0.25) is 0 Å². The molecule has 3 aromatic carbocycles. The molecule has 4 rings (SSSR count). The number of carbonyl (C=O) groups is 1. The Labute approximate surface area is 141 Å². The van der Waals surface area contributed by atoms with Crippen LogP contribution >= 0.6 is 0 Å². The van der Waals surface area contributed by atoms with E-state index in [4.69, 9.17) is 0 Å². The van der Waals surface area contributed by atoms with Gasteiger partial charge in [0, 0.05) is 16.9 Å². The molecule has 1 aliphatic rings. The Morgan fingerprint density at radius 2 is 1.50 bits per heavy atom. The Morgan fingerprint density at radius 1 is 0.833 bits per heavy atom. The highest BCUT2D eigenvalue weighted by Gasteiger charge is 2.48. The number of para-hydroxylation sites is 2. The van der Waals surface area contributed by atoms with Crippen molar-refractivity contribution in [2.45, 2.75) is 12.5 Å². The molecule has 3 aromatic rings. The fraction of sp³-hybridized carbons (Fsp3) is 0.0952. The second-order valence-corrected chi connectivity index (χ2v) is 6.06. The van der Waals surface area contributed by atoms with E-state index in [1.165, 1.54) is 0 Å². The van der Waals surface area contributed by atoms with Gasteiger partial charge in [-0.15, -0.1) is 0 Å². The summed E-state index contributed by atoms with van der Waals surface area (Å²) in [5, 5.41) is 6.56. The minimum Gasteiger partial charge on any atom is -0.364 e. The lowest BCUT2D eigenvalue weighted by Gasteiger charge is -2.31. The lowest BCUT2D eigenvalue weighted by atomic mass is 9.83. The maximum atomic E-state index is 13.1. The van der Waals surface area contributed by atoms with Gasteiger partial charge in [0.15, 0.2) is 5.54 Å². The average molecular weight is 314 g/mol. The van der Waals surface area contributed by atoms with Crippen molar-refractivity contribution in [1.29, 1.82) is 0 Å². The van der Waals surface area contributed by atoms with Gasteiger partial charge < -0.3 is 10.6 Å². The van der Waals surface area contributed by atoms with Gasteiger partial charge >= 0.3 is 0 Å². The maximum Gasteiger partial charge on any atom is 0.259 e. The molecule has 3 heteroatoms. The minimum absolute atomic E-state index is 0.0573. The third-order valence-corrected chi connectivity index (χ3v) is 4.59. The monoisotopic (exact) mass is 314 g/mol. The van der Waals surface area contributed by atoms with Crippen LogP contribution < -0.4 is 10.6 Å². The zero-order valence-electron chi connectivity index (χ0n) is 13.4. The molecular weight excluding hydrogens is 296 g/mol. The Kier molecular flexibility index (Phi) is 3.35. The molecule has 0 saturated carbocycles. The van der Waals surface area contributed by atoms with E-state index in [-0.39, 0.29) is 5.91 Å². The lowest BCUT2D eigenvalue weighted by Crippen LogP contribution is -2.43. The van der Waals surface area contributed by atoms with Crippen LogP contribution in [0.4, 0.5) is 11.4 Å². The van der Waals surface area contributed by atoms with Crippen molar-refractivity contribution in [3.05, 3.63) is 95.6 Å². The molecule has 1 aliphatic heterocycles. The Bertz CT molecular complexity index is 904. The van der Waals surface area contributed by atoms with Crippen LogP contribution in [0.1, 0.15) is 16.7 Å². The number of rotatable bonds is 3. The molecule has 1 heterocycles. The number of hydrogen-bond acceptors (Lipinski definition) is 2. The minimum atomic E-state index is -0.927.